The van der Waals surface area contributed by atoms with Gasteiger partial charge in [-0.1, -0.05) is 25.7 Å². The van der Waals surface area contributed by atoms with Gasteiger partial charge in [-0.25, -0.2) is 0 Å². The van der Waals surface area contributed by atoms with Crippen LogP contribution in [-0.2, 0) is 4.79 Å². The minimum atomic E-state index is -0.285. The largest absolute Gasteiger partial charge is 0.394 e. The van der Waals surface area contributed by atoms with E-state index in [9.17, 15) is 9.90 Å². The number of carbonyl (C=O) groups excluding carboxylic acids is 1. The fraction of sp³-hybridized carbons (Fsp3) is 0.929. The molecule has 3 fully saturated rings. The van der Waals surface area contributed by atoms with Gasteiger partial charge in [0.05, 0.1) is 12.1 Å². The molecule has 96 valence electrons. The quantitative estimate of drug-likeness (QED) is 0.787. The summed E-state index contributed by atoms with van der Waals surface area (Å²) < 4.78 is 0. The van der Waals surface area contributed by atoms with Crippen LogP contribution >= 0.6 is 0 Å². The second kappa shape index (κ2) is 4.27. The summed E-state index contributed by atoms with van der Waals surface area (Å²) in [5.74, 6) is 1.87. The van der Waals surface area contributed by atoms with Crippen molar-refractivity contribution in [1.29, 1.82) is 0 Å². The van der Waals surface area contributed by atoms with E-state index in [2.05, 4.69) is 5.32 Å². The summed E-state index contributed by atoms with van der Waals surface area (Å²) in [4.78, 5) is 12.2. The number of amides is 1. The molecule has 0 aromatic rings. The van der Waals surface area contributed by atoms with Crippen molar-refractivity contribution in [2.24, 2.45) is 17.8 Å². The molecule has 0 bridgehead atoms. The van der Waals surface area contributed by atoms with Crippen molar-refractivity contribution in [2.45, 2.75) is 56.9 Å². The average Bonchev–Trinajstić information content (AvgIpc) is 2.85. The summed E-state index contributed by atoms with van der Waals surface area (Å²) in [7, 11) is 0. The molecule has 1 amide bonds. The first-order chi connectivity index (χ1) is 8.26. The van der Waals surface area contributed by atoms with Crippen LogP contribution in [0.1, 0.15) is 51.4 Å². The summed E-state index contributed by atoms with van der Waals surface area (Å²) in [6.45, 7) is 0.112. The number of carbonyl (C=O) groups is 1. The summed E-state index contributed by atoms with van der Waals surface area (Å²) >= 11 is 0. The van der Waals surface area contributed by atoms with Gasteiger partial charge in [-0.05, 0) is 37.5 Å². The summed E-state index contributed by atoms with van der Waals surface area (Å²) in [6.07, 6.45) is 9.23. The van der Waals surface area contributed by atoms with Crippen LogP contribution in [0.3, 0.4) is 0 Å². The molecular formula is C14H23NO2. The van der Waals surface area contributed by atoms with Gasteiger partial charge in [0.2, 0.25) is 5.91 Å². The normalized spacial score (nSPS) is 38.5. The first-order valence-corrected chi connectivity index (χ1v) is 7.19. The summed E-state index contributed by atoms with van der Waals surface area (Å²) in [5, 5.41) is 12.8. The lowest BCUT2D eigenvalue weighted by Gasteiger charge is -2.36. The minimum absolute atomic E-state index is 0.112. The van der Waals surface area contributed by atoms with E-state index in [4.69, 9.17) is 0 Å². The maximum absolute atomic E-state index is 12.2. The average molecular weight is 237 g/mol. The molecule has 0 heterocycles. The van der Waals surface area contributed by atoms with E-state index < -0.39 is 0 Å². The Balaban J connectivity index is 1.59. The molecule has 3 aliphatic carbocycles. The molecular weight excluding hydrogens is 214 g/mol. The Labute approximate surface area is 103 Å². The molecule has 2 N–H and O–H groups in total. The standard InChI is InChI=1S/C14H23NO2/c16-9-14(7-2-1-3-8-14)15-13(17)12-10-5-4-6-11(10)12/h10-12,16H,1-9H2,(H,15,17). The number of aliphatic hydroxyl groups excluding tert-OH is 1. The van der Waals surface area contributed by atoms with Gasteiger partial charge in [0.15, 0.2) is 0 Å². The fourth-order valence-electron chi connectivity index (χ4n) is 4.11. The third-order valence-electron chi connectivity index (χ3n) is 5.21. The van der Waals surface area contributed by atoms with Crippen LogP contribution in [0.2, 0.25) is 0 Å². The maximum Gasteiger partial charge on any atom is 0.224 e. The molecule has 0 aliphatic heterocycles. The third kappa shape index (κ3) is 1.99. The van der Waals surface area contributed by atoms with Gasteiger partial charge in [-0.15, -0.1) is 0 Å². The van der Waals surface area contributed by atoms with Crippen LogP contribution in [0.15, 0.2) is 0 Å². The first kappa shape index (κ1) is 11.5. The molecule has 2 unspecified atom stereocenters. The highest BCUT2D eigenvalue weighted by molar-refractivity contribution is 5.83. The Morgan fingerprint density at radius 2 is 1.76 bits per heavy atom. The van der Waals surface area contributed by atoms with Crippen molar-refractivity contribution in [3.63, 3.8) is 0 Å². The van der Waals surface area contributed by atoms with Crippen molar-refractivity contribution >= 4 is 5.91 Å². The molecule has 3 nitrogen and oxygen atoms in total. The number of nitrogens with one attached hydrogen (secondary N) is 1. The van der Waals surface area contributed by atoms with Crippen molar-refractivity contribution < 1.29 is 9.90 Å². The Bertz CT molecular complexity index is 299. The van der Waals surface area contributed by atoms with Gasteiger partial charge in [0.1, 0.15) is 0 Å². The lowest BCUT2D eigenvalue weighted by molar-refractivity contribution is -0.126. The third-order valence-corrected chi connectivity index (χ3v) is 5.21. The Morgan fingerprint density at radius 3 is 2.35 bits per heavy atom. The molecule has 3 aliphatic rings. The molecule has 3 heteroatoms. The topological polar surface area (TPSA) is 49.3 Å². The Hall–Kier alpha value is -0.570. The Morgan fingerprint density at radius 1 is 1.12 bits per heavy atom. The predicted molar refractivity (Wildman–Crippen MR) is 65.4 cm³/mol. The zero-order valence-corrected chi connectivity index (χ0v) is 10.5. The minimum Gasteiger partial charge on any atom is -0.394 e. The van der Waals surface area contributed by atoms with E-state index in [1.807, 2.05) is 0 Å². The molecule has 17 heavy (non-hydrogen) atoms. The lowest BCUT2D eigenvalue weighted by Crippen LogP contribution is -2.53. The van der Waals surface area contributed by atoms with E-state index in [0.717, 1.165) is 25.7 Å². The molecule has 3 saturated carbocycles. The van der Waals surface area contributed by atoms with Gasteiger partial charge in [-0.2, -0.15) is 0 Å². The highest BCUT2D eigenvalue weighted by Gasteiger charge is 2.57. The van der Waals surface area contributed by atoms with Gasteiger partial charge >= 0.3 is 0 Å². The van der Waals surface area contributed by atoms with Crippen LogP contribution in [0, 0.1) is 17.8 Å². The van der Waals surface area contributed by atoms with E-state index in [1.54, 1.807) is 0 Å². The summed E-state index contributed by atoms with van der Waals surface area (Å²) in [5.41, 5.74) is -0.285. The van der Waals surface area contributed by atoms with Crippen LogP contribution < -0.4 is 5.32 Å². The van der Waals surface area contributed by atoms with Gasteiger partial charge in [0.25, 0.3) is 0 Å². The molecule has 0 radical (unpaired) electrons. The molecule has 3 rings (SSSR count). The zero-order chi connectivity index (χ0) is 11.9. The van der Waals surface area contributed by atoms with Gasteiger partial charge in [-0.3, -0.25) is 4.79 Å². The highest BCUT2D eigenvalue weighted by atomic mass is 16.3. The van der Waals surface area contributed by atoms with Crippen LogP contribution in [0.25, 0.3) is 0 Å². The van der Waals surface area contributed by atoms with Crippen LogP contribution in [0.5, 0.6) is 0 Å². The first-order valence-electron chi connectivity index (χ1n) is 7.19. The molecule has 2 atom stereocenters. The Kier molecular flexibility index (Phi) is 2.89. The second-order valence-electron chi connectivity index (χ2n) is 6.27. The van der Waals surface area contributed by atoms with Crippen molar-refractivity contribution in [3.8, 4) is 0 Å². The number of hydrogen-bond acceptors (Lipinski definition) is 2. The number of fused-ring (bicyclic) bond motifs is 1. The maximum atomic E-state index is 12.2. The zero-order valence-electron chi connectivity index (χ0n) is 10.5. The van der Waals surface area contributed by atoms with E-state index >= 15 is 0 Å². The van der Waals surface area contributed by atoms with Gasteiger partial charge in [0, 0.05) is 5.92 Å². The lowest BCUT2D eigenvalue weighted by atomic mass is 9.82. The smallest absolute Gasteiger partial charge is 0.224 e. The predicted octanol–water partition coefficient (Wildman–Crippen LogP) is 1.84. The number of hydrogen-bond donors (Lipinski definition) is 2. The van der Waals surface area contributed by atoms with Crippen LogP contribution in [0.4, 0.5) is 0 Å². The van der Waals surface area contributed by atoms with E-state index in [0.29, 0.717) is 11.8 Å². The summed E-state index contributed by atoms with van der Waals surface area (Å²) in [6, 6.07) is 0. The van der Waals surface area contributed by atoms with Crippen molar-refractivity contribution in [3.05, 3.63) is 0 Å². The molecule has 0 saturated heterocycles. The van der Waals surface area contributed by atoms with Crippen molar-refractivity contribution in [1.82, 2.24) is 5.32 Å². The highest BCUT2D eigenvalue weighted by Crippen LogP contribution is 2.57. The number of rotatable bonds is 3. The van der Waals surface area contributed by atoms with Gasteiger partial charge < -0.3 is 10.4 Å². The monoisotopic (exact) mass is 237 g/mol. The number of aliphatic hydroxyl groups is 1. The van der Waals surface area contributed by atoms with E-state index in [-0.39, 0.29) is 24.0 Å². The van der Waals surface area contributed by atoms with Crippen LogP contribution in [-0.4, -0.2) is 23.2 Å². The fourth-order valence-corrected chi connectivity index (χ4v) is 4.11. The second-order valence-corrected chi connectivity index (χ2v) is 6.27. The van der Waals surface area contributed by atoms with Crippen molar-refractivity contribution in [2.75, 3.05) is 6.61 Å². The molecule has 0 spiro atoms. The SMILES string of the molecule is O=C(NC1(CO)CCCCC1)C1C2CCCC21. The molecule has 0 aromatic carbocycles. The van der Waals surface area contributed by atoms with E-state index in [1.165, 1.54) is 25.7 Å². The molecule has 0 aromatic heterocycles.